The molecule has 1 atom stereocenters. The lowest BCUT2D eigenvalue weighted by atomic mass is 10.0. The Morgan fingerprint density at radius 1 is 0.780 bits per heavy atom. The number of benzene rings is 3. The molecule has 0 radical (unpaired) electrons. The molecular weight excluding hydrogens is 524 g/mol. The van der Waals surface area contributed by atoms with Gasteiger partial charge in [-0.2, -0.15) is 0 Å². The summed E-state index contributed by atoms with van der Waals surface area (Å²) in [6.07, 6.45) is 2.25. The van der Waals surface area contributed by atoms with E-state index in [0.29, 0.717) is 29.1 Å². The van der Waals surface area contributed by atoms with E-state index in [2.05, 4.69) is 10.6 Å². The Bertz CT molecular complexity index is 1310. The van der Waals surface area contributed by atoms with Crippen LogP contribution in [0.25, 0.3) is 6.08 Å². The highest BCUT2D eigenvalue weighted by atomic mass is 16.7. The Hall–Kier alpha value is -4.47. The van der Waals surface area contributed by atoms with Crippen LogP contribution in [-0.2, 0) is 36.8 Å². The predicted octanol–water partition coefficient (Wildman–Crippen LogP) is 4.06. The first kappa shape index (κ1) is 31.1. The van der Waals surface area contributed by atoms with Crippen LogP contribution in [0.5, 0.6) is 11.5 Å². The molecular formula is C32H36N2O7. The van der Waals surface area contributed by atoms with Gasteiger partial charge in [-0.05, 0) is 41.3 Å². The molecule has 216 valence electrons. The van der Waals surface area contributed by atoms with Crippen LogP contribution >= 0.6 is 0 Å². The highest BCUT2D eigenvalue weighted by Crippen LogP contribution is 2.29. The number of ether oxygens (including phenoxy) is 4. The highest BCUT2D eigenvalue weighted by Gasteiger charge is 2.28. The van der Waals surface area contributed by atoms with Gasteiger partial charge in [0.2, 0.25) is 11.7 Å². The Balaban J connectivity index is 1.80. The molecule has 3 aromatic carbocycles. The van der Waals surface area contributed by atoms with Crippen molar-refractivity contribution in [3.05, 3.63) is 101 Å². The fourth-order valence-electron chi connectivity index (χ4n) is 3.95. The van der Waals surface area contributed by atoms with E-state index in [9.17, 15) is 14.4 Å². The van der Waals surface area contributed by atoms with E-state index in [-0.39, 0.29) is 26.6 Å². The SMILES string of the molecule is CC/C(=C\c1ccc(OCOC)c(OCOC)c1)C(=O)N[C@@H](Cc1ccccc1)C(=O)C(=O)NCc1ccccc1. The van der Waals surface area contributed by atoms with E-state index < -0.39 is 23.6 Å². The van der Waals surface area contributed by atoms with E-state index in [1.807, 2.05) is 67.6 Å². The Labute approximate surface area is 240 Å². The van der Waals surface area contributed by atoms with Crippen LogP contribution in [-0.4, -0.2) is 51.4 Å². The summed E-state index contributed by atoms with van der Waals surface area (Å²) in [6, 6.07) is 22.7. The van der Waals surface area contributed by atoms with Crippen molar-refractivity contribution in [1.82, 2.24) is 10.6 Å². The molecule has 0 aliphatic heterocycles. The van der Waals surface area contributed by atoms with Crippen LogP contribution < -0.4 is 20.1 Å². The lowest BCUT2D eigenvalue weighted by molar-refractivity contribution is -0.139. The minimum Gasteiger partial charge on any atom is -0.464 e. The second-order valence-corrected chi connectivity index (χ2v) is 9.08. The average molecular weight is 561 g/mol. The van der Waals surface area contributed by atoms with Gasteiger partial charge in [-0.1, -0.05) is 73.7 Å². The highest BCUT2D eigenvalue weighted by molar-refractivity contribution is 6.38. The normalized spacial score (nSPS) is 11.8. The maximum Gasteiger partial charge on any atom is 0.289 e. The summed E-state index contributed by atoms with van der Waals surface area (Å²) in [4.78, 5) is 39.5. The monoisotopic (exact) mass is 560 g/mol. The maximum absolute atomic E-state index is 13.4. The second-order valence-electron chi connectivity index (χ2n) is 9.08. The van der Waals surface area contributed by atoms with Crippen molar-refractivity contribution in [1.29, 1.82) is 0 Å². The van der Waals surface area contributed by atoms with E-state index in [1.165, 1.54) is 14.2 Å². The zero-order chi connectivity index (χ0) is 29.5. The van der Waals surface area contributed by atoms with Crippen molar-refractivity contribution >= 4 is 23.7 Å². The number of rotatable bonds is 16. The van der Waals surface area contributed by atoms with Crippen molar-refractivity contribution in [2.75, 3.05) is 27.8 Å². The van der Waals surface area contributed by atoms with Crippen molar-refractivity contribution in [2.45, 2.75) is 32.4 Å². The third kappa shape index (κ3) is 9.90. The van der Waals surface area contributed by atoms with Gasteiger partial charge < -0.3 is 29.6 Å². The summed E-state index contributed by atoms with van der Waals surface area (Å²) in [5.41, 5.74) is 2.78. The largest absolute Gasteiger partial charge is 0.464 e. The molecule has 9 heteroatoms. The lowest BCUT2D eigenvalue weighted by Gasteiger charge is -2.19. The van der Waals surface area contributed by atoms with Crippen molar-refractivity contribution in [3.63, 3.8) is 0 Å². The van der Waals surface area contributed by atoms with Crippen LogP contribution in [0.15, 0.2) is 84.4 Å². The van der Waals surface area contributed by atoms with Gasteiger partial charge in [0, 0.05) is 32.8 Å². The molecule has 0 bridgehead atoms. The molecule has 0 aromatic heterocycles. The van der Waals surface area contributed by atoms with Crippen molar-refractivity contribution in [3.8, 4) is 11.5 Å². The fraction of sp³-hybridized carbons (Fsp3) is 0.281. The molecule has 0 aliphatic rings. The molecule has 2 N–H and O–H groups in total. The number of nitrogens with one attached hydrogen (secondary N) is 2. The number of carbonyl (C=O) groups excluding carboxylic acids is 3. The molecule has 0 saturated carbocycles. The topological polar surface area (TPSA) is 112 Å². The molecule has 3 aromatic rings. The number of methoxy groups -OCH3 is 2. The number of hydrogen-bond acceptors (Lipinski definition) is 7. The van der Waals surface area contributed by atoms with Gasteiger partial charge in [0.1, 0.15) is 6.04 Å². The molecule has 0 saturated heterocycles. The van der Waals surface area contributed by atoms with Gasteiger partial charge >= 0.3 is 0 Å². The third-order valence-electron chi connectivity index (χ3n) is 6.07. The Morgan fingerprint density at radius 2 is 1.39 bits per heavy atom. The third-order valence-corrected chi connectivity index (χ3v) is 6.07. The van der Waals surface area contributed by atoms with Gasteiger partial charge in [0.15, 0.2) is 25.1 Å². The van der Waals surface area contributed by atoms with Crippen LogP contribution in [0.1, 0.15) is 30.0 Å². The number of ketones is 1. The van der Waals surface area contributed by atoms with Gasteiger partial charge in [-0.15, -0.1) is 0 Å². The molecule has 0 spiro atoms. The van der Waals surface area contributed by atoms with Gasteiger partial charge in [0.25, 0.3) is 5.91 Å². The van der Waals surface area contributed by atoms with Crippen LogP contribution in [0.2, 0.25) is 0 Å². The molecule has 0 fully saturated rings. The molecule has 41 heavy (non-hydrogen) atoms. The van der Waals surface area contributed by atoms with Crippen LogP contribution in [0.4, 0.5) is 0 Å². The molecule has 3 rings (SSSR count). The number of carbonyl (C=O) groups is 3. The minimum atomic E-state index is -1.05. The van der Waals surface area contributed by atoms with Crippen molar-refractivity contribution < 1.29 is 33.3 Å². The first-order valence-corrected chi connectivity index (χ1v) is 13.2. The summed E-state index contributed by atoms with van der Waals surface area (Å²) >= 11 is 0. The van der Waals surface area contributed by atoms with Gasteiger partial charge in [0.05, 0.1) is 0 Å². The van der Waals surface area contributed by atoms with Crippen molar-refractivity contribution in [2.24, 2.45) is 0 Å². The van der Waals surface area contributed by atoms with Crippen LogP contribution in [0, 0.1) is 0 Å². The fourth-order valence-corrected chi connectivity index (χ4v) is 3.95. The lowest BCUT2D eigenvalue weighted by Crippen LogP contribution is -2.48. The number of Topliss-reactive ketones (excluding diaryl/α,β-unsaturated/α-hetero) is 1. The quantitative estimate of drug-likeness (QED) is 0.154. The molecule has 9 nitrogen and oxygen atoms in total. The van der Waals surface area contributed by atoms with E-state index in [0.717, 1.165) is 11.1 Å². The van der Waals surface area contributed by atoms with Gasteiger partial charge in [-0.3, -0.25) is 14.4 Å². The second kappa shape index (κ2) is 16.6. The zero-order valence-corrected chi connectivity index (χ0v) is 23.6. The molecule has 2 amide bonds. The molecule has 0 aliphatic carbocycles. The smallest absolute Gasteiger partial charge is 0.289 e. The average Bonchev–Trinajstić information content (AvgIpc) is 3.01. The first-order valence-electron chi connectivity index (χ1n) is 13.2. The summed E-state index contributed by atoms with van der Waals surface area (Å²) in [5.74, 6) is -1.05. The molecule has 0 heterocycles. The maximum atomic E-state index is 13.4. The van der Waals surface area contributed by atoms with E-state index >= 15 is 0 Å². The van der Waals surface area contributed by atoms with Gasteiger partial charge in [-0.25, -0.2) is 0 Å². The first-order chi connectivity index (χ1) is 19.9. The summed E-state index contributed by atoms with van der Waals surface area (Å²) in [7, 11) is 3.02. The van der Waals surface area contributed by atoms with E-state index in [1.54, 1.807) is 24.3 Å². The number of hydrogen-bond donors (Lipinski definition) is 2. The van der Waals surface area contributed by atoms with Crippen LogP contribution in [0.3, 0.4) is 0 Å². The zero-order valence-electron chi connectivity index (χ0n) is 23.6. The standard InChI is InChI=1S/C32H36N2O7/c1-4-26(17-25-15-16-28(40-21-38-2)29(19-25)41-22-39-3)31(36)34-27(18-23-11-7-5-8-12-23)30(35)32(37)33-20-24-13-9-6-10-14-24/h5-17,19,27H,4,18,20-22H2,1-3H3,(H,33,37)(H,34,36)/b26-17+/t27-/m0/s1. The predicted molar refractivity (Wildman–Crippen MR) is 155 cm³/mol. The Morgan fingerprint density at radius 3 is 2.00 bits per heavy atom. The Kier molecular flexibility index (Phi) is 12.6. The summed E-state index contributed by atoms with van der Waals surface area (Å²) in [6.45, 7) is 2.09. The minimum absolute atomic E-state index is 0.00719. The number of amides is 2. The summed E-state index contributed by atoms with van der Waals surface area (Å²) < 4.78 is 21.1. The summed E-state index contributed by atoms with van der Waals surface area (Å²) in [5, 5.41) is 5.46. The molecule has 0 unspecified atom stereocenters. The van der Waals surface area contributed by atoms with E-state index in [4.69, 9.17) is 18.9 Å².